The van der Waals surface area contributed by atoms with Crippen molar-refractivity contribution in [2.75, 3.05) is 13.9 Å². The van der Waals surface area contributed by atoms with Crippen LogP contribution in [0.2, 0.25) is 0 Å². The predicted molar refractivity (Wildman–Crippen MR) is 81.4 cm³/mol. The molecular weight excluding hydrogens is 282 g/mol. The number of carbonyl (C=O) groups is 1. The Labute approximate surface area is 128 Å². The first-order valence-corrected chi connectivity index (χ1v) is 7.02. The normalized spacial score (nSPS) is 13.5. The maximum Gasteiger partial charge on any atom is 0.255 e. The molecule has 0 fully saturated rings. The smallest absolute Gasteiger partial charge is 0.255 e. The molecule has 5 heteroatoms. The SMILES string of the molecule is COc1ccccc1C(=O)N[C@@H](C)c1ccc2c(c1)OCO2. The minimum atomic E-state index is -0.178. The van der Waals surface area contributed by atoms with E-state index in [1.807, 2.05) is 37.3 Å². The van der Waals surface area contributed by atoms with Crippen LogP contribution in [0.4, 0.5) is 0 Å². The van der Waals surface area contributed by atoms with Gasteiger partial charge in [-0.25, -0.2) is 0 Å². The van der Waals surface area contributed by atoms with Crippen molar-refractivity contribution in [2.45, 2.75) is 13.0 Å². The highest BCUT2D eigenvalue weighted by molar-refractivity contribution is 5.97. The minimum absolute atomic E-state index is 0.160. The third-order valence-electron chi connectivity index (χ3n) is 3.60. The second kappa shape index (κ2) is 5.97. The van der Waals surface area contributed by atoms with Gasteiger partial charge in [-0.05, 0) is 36.8 Å². The molecule has 1 aliphatic rings. The van der Waals surface area contributed by atoms with E-state index in [-0.39, 0.29) is 18.7 Å². The molecule has 0 saturated carbocycles. The summed E-state index contributed by atoms with van der Waals surface area (Å²) < 4.78 is 15.9. The lowest BCUT2D eigenvalue weighted by molar-refractivity contribution is 0.0936. The van der Waals surface area contributed by atoms with E-state index in [4.69, 9.17) is 14.2 Å². The van der Waals surface area contributed by atoms with Crippen molar-refractivity contribution in [3.05, 3.63) is 53.6 Å². The highest BCUT2D eigenvalue weighted by Crippen LogP contribution is 2.34. The number of hydrogen-bond donors (Lipinski definition) is 1. The maximum absolute atomic E-state index is 12.4. The van der Waals surface area contributed by atoms with Crippen LogP contribution in [-0.4, -0.2) is 19.8 Å². The van der Waals surface area contributed by atoms with E-state index in [1.54, 1.807) is 19.2 Å². The Morgan fingerprint density at radius 1 is 1.18 bits per heavy atom. The number of benzene rings is 2. The van der Waals surface area contributed by atoms with Crippen LogP contribution in [0.3, 0.4) is 0 Å². The second-order valence-electron chi connectivity index (χ2n) is 5.01. The average molecular weight is 299 g/mol. The monoisotopic (exact) mass is 299 g/mol. The van der Waals surface area contributed by atoms with Crippen molar-refractivity contribution in [3.8, 4) is 17.2 Å². The van der Waals surface area contributed by atoms with E-state index in [0.29, 0.717) is 17.1 Å². The number of rotatable bonds is 4. The molecule has 0 radical (unpaired) electrons. The van der Waals surface area contributed by atoms with Crippen molar-refractivity contribution < 1.29 is 19.0 Å². The van der Waals surface area contributed by atoms with Gasteiger partial charge in [0.15, 0.2) is 11.5 Å². The summed E-state index contributed by atoms with van der Waals surface area (Å²) in [6.45, 7) is 2.16. The van der Waals surface area contributed by atoms with Crippen LogP contribution in [0.5, 0.6) is 17.2 Å². The van der Waals surface area contributed by atoms with E-state index in [0.717, 1.165) is 11.3 Å². The van der Waals surface area contributed by atoms with Crippen molar-refractivity contribution >= 4 is 5.91 Å². The summed E-state index contributed by atoms with van der Waals surface area (Å²) in [6.07, 6.45) is 0. The van der Waals surface area contributed by atoms with Crippen LogP contribution in [0, 0.1) is 0 Å². The molecule has 0 aliphatic carbocycles. The fourth-order valence-electron chi connectivity index (χ4n) is 2.37. The van der Waals surface area contributed by atoms with Gasteiger partial charge in [-0.15, -0.1) is 0 Å². The number of fused-ring (bicyclic) bond motifs is 1. The van der Waals surface area contributed by atoms with Gasteiger partial charge in [0.05, 0.1) is 18.7 Å². The summed E-state index contributed by atoms with van der Waals surface area (Å²) in [5.74, 6) is 1.81. The molecule has 1 N–H and O–H groups in total. The molecule has 2 aromatic rings. The van der Waals surface area contributed by atoms with Crippen LogP contribution >= 0.6 is 0 Å². The number of nitrogens with one attached hydrogen (secondary N) is 1. The van der Waals surface area contributed by atoms with Gasteiger partial charge < -0.3 is 19.5 Å². The van der Waals surface area contributed by atoms with Crippen LogP contribution in [0.15, 0.2) is 42.5 Å². The van der Waals surface area contributed by atoms with Gasteiger partial charge in [0, 0.05) is 0 Å². The Kier molecular flexibility index (Phi) is 3.87. The number of ether oxygens (including phenoxy) is 3. The lowest BCUT2D eigenvalue weighted by Crippen LogP contribution is -2.27. The predicted octanol–water partition coefficient (Wildman–Crippen LogP) is 2.91. The van der Waals surface area contributed by atoms with Gasteiger partial charge in [0.1, 0.15) is 5.75 Å². The van der Waals surface area contributed by atoms with Crippen LogP contribution in [0.1, 0.15) is 28.9 Å². The van der Waals surface area contributed by atoms with E-state index >= 15 is 0 Å². The average Bonchev–Trinajstić information content (AvgIpc) is 3.02. The zero-order valence-corrected chi connectivity index (χ0v) is 12.5. The molecule has 5 nitrogen and oxygen atoms in total. The zero-order valence-electron chi connectivity index (χ0n) is 12.5. The summed E-state index contributed by atoms with van der Waals surface area (Å²) in [6, 6.07) is 12.6. The molecule has 2 aromatic carbocycles. The summed E-state index contributed by atoms with van der Waals surface area (Å²) in [7, 11) is 1.55. The quantitative estimate of drug-likeness (QED) is 0.943. The molecule has 22 heavy (non-hydrogen) atoms. The fourth-order valence-corrected chi connectivity index (χ4v) is 2.37. The summed E-state index contributed by atoms with van der Waals surface area (Å²) in [5.41, 5.74) is 1.46. The molecule has 0 bridgehead atoms. The lowest BCUT2D eigenvalue weighted by Gasteiger charge is -2.16. The molecule has 1 amide bonds. The molecule has 1 atom stereocenters. The minimum Gasteiger partial charge on any atom is -0.496 e. The van der Waals surface area contributed by atoms with E-state index in [9.17, 15) is 4.79 Å². The molecule has 0 aromatic heterocycles. The zero-order chi connectivity index (χ0) is 15.5. The molecule has 0 spiro atoms. The largest absolute Gasteiger partial charge is 0.496 e. The van der Waals surface area contributed by atoms with Gasteiger partial charge >= 0.3 is 0 Å². The van der Waals surface area contributed by atoms with E-state index in [2.05, 4.69) is 5.32 Å². The maximum atomic E-state index is 12.4. The Morgan fingerprint density at radius 2 is 1.95 bits per heavy atom. The summed E-state index contributed by atoms with van der Waals surface area (Å²) >= 11 is 0. The van der Waals surface area contributed by atoms with Crippen LogP contribution in [0.25, 0.3) is 0 Å². The Hall–Kier alpha value is -2.69. The fraction of sp³-hybridized carbons (Fsp3) is 0.235. The van der Waals surface area contributed by atoms with Gasteiger partial charge in [-0.2, -0.15) is 0 Å². The number of amides is 1. The number of hydrogen-bond acceptors (Lipinski definition) is 4. The molecule has 0 saturated heterocycles. The first-order chi connectivity index (χ1) is 10.7. The van der Waals surface area contributed by atoms with Gasteiger partial charge in [0.2, 0.25) is 6.79 Å². The Bertz CT molecular complexity index is 699. The van der Waals surface area contributed by atoms with Crippen LogP contribution < -0.4 is 19.5 Å². The highest BCUT2D eigenvalue weighted by atomic mass is 16.7. The molecule has 3 rings (SSSR count). The number of para-hydroxylation sites is 1. The molecule has 1 heterocycles. The van der Waals surface area contributed by atoms with Gasteiger partial charge in [-0.3, -0.25) is 4.79 Å². The molecular formula is C17H17NO4. The second-order valence-corrected chi connectivity index (χ2v) is 5.01. The number of carbonyl (C=O) groups excluding carboxylic acids is 1. The van der Waals surface area contributed by atoms with Crippen molar-refractivity contribution in [3.63, 3.8) is 0 Å². The third-order valence-corrected chi connectivity index (χ3v) is 3.60. The molecule has 1 aliphatic heterocycles. The first-order valence-electron chi connectivity index (χ1n) is 7.02. The van der Waals surface area contributed by atoms with E-state index in [1.165, 1.54) is 0 Å². The lowest BCUT2D eigenvalue weighted by atomic mass is 10.1. The van der Waals surface area contributed by atoms with Gasteiger partial charge in [-0.1, -0.05) is 18.2 Å². The topological polar surface area (TPSA) is 56.8 Å². The standard InChI is InChI=1S/C17H17NO4/c1-11(12-7-8-15-16(9-12)22-10-21-15)18-17(19)13-5-3-4-6-14(13)20-2/h3-9,11H,10H2,1-2H3,(H,18,19)/t11-/m0/s1. The number of methoxy groups -OCH3 is 1. The molecule has 0 unspecified atom stereocenters. The summed E-state index contributed by atoms with van der Waals surface area (Å²) in [4.78, 5) is 12.4. The Morgan fingerprint density at radius 3 is 2.77 bits per heavy atom. The van der Waals surface area contributed by atoms with Crippen molar-refractivity contribution in [1.82, 2.24) is 5.32 Å². The first kappa shape index (κ1) is 14.3. The van der Waals surface area contributed by atoms with Crippen molar-refractivity contribution in [2.24, 2.45) is 0 Å². The highest BCUT2D eigenvalue weighted by Gasteiger charge is 2.18. The van der Waals surface area contributed by atoms with Gasteiger partial charge in [0.25, 0.3) is 5.91 Å². The van der Waals surface area contributed by atoms with Crippen LogP contribution in [-0.2, 0) is 0 Å². The third kappa shape index (κ3) is 2.70. The molecule has 114 valence electrons. The van der Waals surface area contributed by atoms with Crippen molar-refractivity contribution in [1.29, 1.82) is 0 Å². The summed E-state index contributed by atoms with van der Waals surface area (Å²) in [5, 5.41) is 2.96. The van der Waals surface area contributed by atoms with E-state index < -0.39 is 0 Å². The Balaban J connectivity index is 1.76.